The van der Waals surface area contributed by atoms with Crippen LogP contribution in [-0.2, 0) is 0 Å². The minimum Gasteiger partial charge on any atom is -0.383 e. The van der Waals surface area contributed by atoms with E-state index >= 15 is 0 Å². The smallest absolute Gasteiger partial charge is 0.0526 e. The quantitative estimate of drug-likeness (QED) is 0.799. The van der Waals surface area contributed by atoms with Crippen LogP contribution >= 0.6 is 11.8 Å². The highest BCUT2D eigenvalue weighted by Crippen LogP contribution is 2.23. The number of hydrogen-bond donors (Lipinski definition) is 1. The summed E-state index contributed by atoms with van der Waals surface area (Å²) in [6.45, 7) is 1.10. The van der Waals surface area contributed by atoms with Crippen LogP contribution in [0.25, 0.3) is 0 Å². The molecule has 1 aromatic heterocycles. The van der Waals surface area contributed by atoms with Gasteiger partial charge in [0.25, 0.3) is 0 Å². The average molecular weight is 194 g/mol. The maximum Gasteiger partial charge on any atom is 0.0526 e. The van der Waals surface area contributed by atoms with Crippen LogP contribution in [0.2, 0.25) is 0 Å². The summed E-state index contributed by atoms with van der Waals surface area (Å²) in [6, 6.07) is 4.03. The van der Waals surface area contributed by atoms with Crippen LogP contribution in [0.15, 0.2) is 24.5 Å². The first kappa shape index (κ1) is 8.88. The topological polar surface area (TPSA) is 24.9 Å². The number of thioether (sulfide) groups is 1. The zero-order chi connectivity index (χ0) is 8.93. The summed E-state index contributed by atoms with van der Waals surface area (Å²) in [5.41, 5.74) is 1.14. The van der Waals surface area contributed by atoms with E-state index < -0.39 is 0 Å². The number of aromatic nitrogens is 1. The summed E-state index contributed by atoms with van der Waals surface area (Å²) in [4.78, 5) is 4.06. The molecule has 2 rings (SSSR count). The third-order valence-electron chi connectivity index (χ3n) is 2.28. The number of nitrogens with one attached hydrogen (secondary N) is 1. The second-order valence-corrected chi connectivity index (χ2v) is 4.50. The number of pyridine rings is 1. The molecular weight excluding hydrogens is 180 g/mol. The maximum absolute atomic E-state index is 4.06. The van der Waals surface area contributed by atoms with E-state index in [1.165, 1.54) is 17.9 Å². The molecule has 0 saturated carbocycles. The first-order valence-corrected chi connectivity index (χ1v) is 5.82. The van der Waals surface area contributed by atoms with E-state index in [4.69, 9.17) is 0 Å². The Morgan fingerprint density at radius 1 is 1.62 bits per heavy atom. The Morgan fingerprint density at radius 3 is 3.31 bits per heavy atom. The molecule has 1 aromatic rings. The number of hydrogen-bond acceptors (Lipinski definition) is 3. The summed E-state index contributed by atoms with van der Waals surface area (Å²) >= 11 is 2.06. The molecule has 70 valence electrons. The normalized spacial score (nSPS) is 21.7. The molecule has 2 nitrogen and oxygen atoms in total. The maximum atomic E-state index is 4.06. The van der Waals surface area contributed by atoms with Crippen LogP contribution in [0.4, 0.5) is 5.69 Å². The lowest BCUT2D eigenvalue weighted by Crippen LogP contribution is -2.13. The van der Waals surface area contributed by atoms with E-state index in [0.717, 1.165) is 18.2 Å². The van der Waals surface area contributed by atoms with E-state index in [-0.39, 0.29) is 0 Å². The van der Waals surface area contributed by atoms with E-state index in [9.17, 15) is 0 Å². The molecule has 0 amide bonds. The minimum absolute atomic E-state index is 0.852. The van der Waals surface area contributed by atoms with Gasteiger partial charge in [0.15, 0.2) is 0 Å². The molecular formula is C10H14N2S. The fourth-order valence-electron chi connectivity index (χ4n) is 1.47. The SMILES string of the molecule is c1cncc(NCC2CCSC2)c1. The number of rotatable bonds is 3. The van der Waals surface area contributed by atoms with Gasteiger partial charge in [-0.1, -0.05) is 0 Å². The first-order valence-electron chi connectivity index (χ1n) is 4.67. The zero-order valence-electron chi connectivity index (χ0n) is 7.57. The van der Waals surface area contributed by atoms with Gasteiger partial charge in [0.1, 0.15) is 0 Å². The predicted molar refractivity (Wildman–Crippen MR) is 58.2 cm³/mol. The Bertz CT molecular complexity index is 244. The number of nitrogens with zero attached hydrogens (tertiary/aromatic N) is 1. The molecule has 0 radical (unpaired) electrons. The van der Waals surface area contributed by atoms with Gasteiger partial charge in [-0.2, -0.15) is 11.8 Å². The van der Waals surface area contributed by atoms with Crippen molar-refractivity contribution >= 4 is 17.4 Å². The van der Waals surface area contributed by atoms with Crippen molar-refractivity contribution in [2.24, 2.45) is 5.92 Å². The second-order valence-electron chi connectivity index (χ2n) is 3.35. The van der Waals surface area contributed by atoms with Crippen molar-refractivity contribution in [3.63, 3.8) is 0 Å². The van der Waals surface area contributed by atoms with Crippen LogP contribution in [-0.4, -0.2) is 23.0 Å². The summed E-state index contributed by atoms with van der Waals surface area (Å²) in [6.07, 6.45) is 5.04. The van der Waals surface area contributed by atoms with Gasteiger partial charge in [0.2, 0.25) is 0 Å². The Kier molecular flexibility index (Phi) is 3.08. The summed E-state index contributed by atoms with van der Waals surface area (Å²) < 4.78 is 0. The van der Waals surface area contributed by atoms with Gasteiger partial charge >= 0.3 is 0 Å². The third kappa shape index (κ3) is 2.62. The fraction of sp³-hybridized carbons (Fsp3) is 0.500. The lowest BCUT2D eigenvalue weighted by Gasteiger charge is -2.10. The molecule has 1 unspecified atom stereocenters. The lowest BCUT2D eigenvalue weighted by molar-refractivity contribution is 0.631. The van der Waals surface area contributed by atoms with Gasteiger partial charge < -0.3 is 5.32 Å². The molecule has 1 atom stereocenters. The van der Waals surface area contributed by atoms with Crippen molar-refractivity contribution in [3.8, 4) is 0 Å². The van der Waals surface area contributed by atoms with Crippen molar-refractivity contribution in [2.75, 3.05) is 23.4 Å². The van der Waals surface area contributed by atoms with Gasteiger partial charge in [0, 0.05) is 18.9 Å². The van der Waals surface area contributed by atoms with Crippen molar-refractivity contribution in [3.05, 3.63) is 24.5 Å². The van der Waals surface area contributed by atoms with Crippen molar-refractivity contribution in [2.45, 2.75) is 6.42 Å². The molecule has 1 N–H and O–H groups in total. The highest BCUT2D eigenvalue weighted by molar-refractivity contribution is 7.99. The van der Waals surface area contributed by atoms with E-state index in [1.807, 2.05) is 12.3 Å². The first-order chi connectivity index (χ1) is 6.45. The third-order valence-corrected chi connectivity index (χ3v) is 3.51. The van der Waals surface area contributed by atoms with Gasteiger partial charge in [-0.05, 0) is 36.0 Å². The van der Waals surface area contributed by atoms with Crippen LogP contribution in [0.3, 0.4) is 0 Å². The van der Waals surface area contributed by atoms with Crippen molar-refractivity contribution < 1.29 is 0 Å². The molecule has 1 aliphatic rings. The van der Waals surface area contributed by atoms with Crippen LogP contribution < -0.4 is 5.32 Å². The van der Waals surface area contributed by atoms with Gasteiger partial charge in [0.05, 0.1) is 5.69 Å². The Morgan fingerprint density at radius 2 is 2.62 bits per heavy atom. The summed E-state index contributed by atoms with van der Waals surface area (Å²) in [5, 5.41) is 3.41. The Labute approximate surface area is 83.1 Å². The minimum atomic E-state index is 0.852. The van der Waals surface area contributed by atoms with Gasteiger partial charge in [-0.15, -0.1) is 0 Å². The van der Waals surface area contributed by atoms with Crippen molar-refractivity contribution in [1.29, 1.82) is 0 Å². The van der Waals surface area contributed by atoms with Gasteiger partial charge in [-0.25, -0.2) is 0 Å². The molecule has 0 aromatic carbocycles. The standard InChI is InChI=1S/C10H14N2S/c1-2-10(7-11-4-1)12-6-9-3-5-13-8-9/h1-2,4,7,9,12H,3,5-6,8H2. The molecule has 3 heteroatoms. The number of anilines is 1. The zero-order valence-corrected chi connectivity index (χ0v) is 8.39. The second kappa shape index (κ2) is 4.51. The van der Waals surface area contributed by atoms with E-state index in [1.54, 1.807) is 6.20 Å². The van der Waals surface area contributed by atoms with E-state index in [2.05, 4.69) is 28.1 Å². The monoisotopic (exact) mass is 194 g/mol. The Hall–Kier alpha value is -0.700. The van der Waals surface area contributed by atoms with Crippen LogP contribution in [0.5, 0.6) is 0 Å². The fourth-order valence-corrected chi connectivity index (χ4v) is 2.76. The van der Waals surface area contributed by atoms with Gasteiger partial charge in [-0.3, -0.25) is 4.98 Å². The molecule has 2 heterocycles. The highest BCUT2D eigenvalue weighted by Gasteiger charge is 2.14. The van der Waals surface area contributed by atoms with Crippen molar-refractivity contribution in [1.82, 2.24) is 4.98 Å². The highest BCUT2D eigenvalue weighted by atomic mass is 32.2. The predicted octanol–water partition coefficient (Wildman–Crippen LogP) is 2.25. The average Bonchev–Trinajstić information content (AvgIpc) is 2.69. The largest absolute Gasteiger partial charge is 0.383 e. The summed E-state index contributed by atoms with van der Waals surface area (Å²) in [7, 11) is 0. The van der Waals surface area contributed by atoms with E-state index in [0.29, 0.717) is 0 Å². The molecule has 1 fully saturated rings. The lowest BCUT2D eigenvalue weighted by atomic mass is 10.1. The Balaban J connectivity index is 1.79. The molecule has 13 heavy (non-hydrogen) atoms. The molecule has 0 bridgehead atoms. The van der Waals surface area contributed by atoms with Crippen LogP contribution in [0.1, 0.15) is 6.42 Å². The molecule has 1 saturated heterocycles. The molecule has 1 aliphatic heterocycles. The molecule has 0 spiro atoms. The van der Waals surface area contributed by atoms with Crippen LogP contribution in [0, 0.1) is 5.92 Å². The summed E-state index contributed by atoms with van der Waals surface area (Å²) in [5.74, 6) is 3.50. The molecule has 0 aliphatic carbocycles.